The van der Waals surface area contributed by atoms with Crippen LogP contribution < -0.4 is 0 Å². The molecule has 16 saturated carbocycles. The Hall–Kier alpha value is -2.54. The van der Waals surface area contributed by atoms with Crippen LogP contribution in [0.15, 0.2) is 6.07 Å². The molecule has 16 bridgehead atoms. The summed E-state index contributed by atoms with van der Waals surface area (Å²) in [4.78, 5) is 0. The molecular formula is C54H61. The predicted molar refractivity (Wildman–Crippen MR) is 215 cm³/mol. The number of rotatable bonds is 0. The third kappa shape index (κ3) is 5.49. The Bertz CT molecular complexity index is 1610. The SMILES string of the molecule is C(#CC12CC3CC(CC(C3)C1)C2)c1[c]c(C#CC23CC4CC(CC(C4)C2)C3)c(C#CC23CC4CC(CC(C4)C2)C3)cc1C#CC12CC3CC(CC(C3)C1)C2. The van der Waals surface area contributed by atoms with Crippen LogP contribution in [0.5, 0.6) is 0 Å². The van der Waals surface area contributed by atoms with E-state index in [2.05, 4.69) is 59.5 Å². The first-order valence-corrected chi connectivity index (χ1v) is 23.5. The molecule has 0 nitrogen and oxygen atoms in total. The quantitative estimate of drug-likeness (QED) is 0.235. The first kappa shape index (κ1) is 32.5. The maximum atomic E-state index is 4.07. The standard InChI is InChI=1S/C54H61/c1(5-51-23-35-9-36(24-51)11-37(10-35)25-51)47-21-49(3-7-53-29-41-15-42(30-53)17-43(16-41)31-53)50(4-8-54-32-44-18-45(33-54)20-46(19-44)34-54)22-48(47)2-6-52-26-38-12-39(27-52)14-40(13-38)28-52/h21,35-46H,9-20,23-34H2. The van der Waals surface area contributed by atoms with E-state index in [0.717, 1.165) is 93.3 Å². The average molecular weight is 710 g/mol. The summed E-state index contributed by atoms with van der Waals surface area (Å²) in [6.07, 6.45) is 33.6. The second-order valence-electron chi connectivity index (χ2n) is 23.6. The topological polar surface area (TPSA) is 0 Å². The predicted octanol–water partition coefficient (Wildman–Crippen LogP) is 11.8. The molecule has 0 atom stereocenters. The first-order chi connectivity index (χ1) is 26.3. The van der Waals surface area contributed by atoms with E-state index in [0.29, 0.717) is 0 Å². The summed E-state index contributed by atoms with van der Waals surface area (Å²) >= 11 is 0. The summed E-state index contributed by atoms with van der Waals surface area (Å²) in [6.45, 7) is 0. The van der Waals surface area contributed by atoms with E-state index < -0.39 is 0 Å². The molecule has 16 aliphatic rings. The highest BCUT2D eigenvalue weighted by atomic mass is 14.6. The smallest absolute Gasteiger partial charge is 0.0494 e. The Morgan fingerprint density at radius 3 is 0.741 bits per heavy atom. The molecule has 0 spiro atoms. The van der Waals surface area contributed by atoms with Crippen molar-refractivity contribution < 1.29 is 0 Å². The zero-order valence-electron chi connectivity index (χ0n) is 33.0. The fourth-order valence-corrected chi connectivity index (χ4v) is 18.8. The Labute approximate surface area is 327 Å². The van der Waals surface area contributed by atoms with Gasteiger partial charge in [0.25, 0.3) is 0 Å². The van der Waals surface area contributed by atoms with Gasteiger partial charge in [-0.1, -0.05) is 47.4 Å². The average Bonchev–Trinajstić information content (AvgIpc) is 3.10. The summed E-state index contributed by atoms with van der Waals surface area (Å²) < 4.78 is 0. The molecule has 1 aromatic carbocycles. The van der Waals surface area contributed by atoms with Crippen molar-refractivity contribution in [3.8, 4) is 47.4 Å². The van der Waals surface area contributed by atoms with E-state index >= 15 is 0 Å². The molecule has 0 amide bonds. The molecule has 0 aromatic heterocycles. The lowest BCUT2D eigenvalue weighted by Crippen LogP contribution is -2.45. The normalized spacial score (nSPS) is 51.1. The molecular weight excluding hydrogens is 649 g/mol. The molecule has 0 aliphatic heterocycles. The van der Waals surface area contributed by atoms with Crippen molar-refractivity contribution in [2.24, 2.45) is 92.7 Å². The molecule has 16 fully saturated rings. The van der Waals surface area contributed by atoms with Gasteiger partial charge in [-0.2, -0.15) is 0 Å². The number of hydrogen-bond donors (Lipinski definition) is 0. The van der Waals surface area contributed by atoms with E-state index in [4.69, 9.17) is 0 Å². The molecule has 0 unspecified atom stereocenters. The van der Waals surface area contributed by atoms with Crippen molar-refractivity contribution >= 4 is 0 Å². The minimum Gasteiger partial charge on any atom is -0.0910 e. The third-order valence-corrected chi connectivity index (χ3v) is 19.1. The van der Waals surface area contributed by atoms with E-state index in [1.165, 1.54) is 154 Å². The lowest BCUT2D eigenvalue weighted by Gasteiger charge is -2.54. The molecule has 17 rings (SSSR count). The van der Waals surface area contributed by atoms with Gasteiger partial charge in [-0.05, 0) is 231 Å². The zero-order valence-corrected chi connectivity index (χ0v) is 33.0. The highest BCUT2D eigenvalue weighted by Gasteiger charge is 2.53. The molecule has 16 aliphatic carbocycles. The Morgan fingerprint density at radius 1 is 0.315 bits per heavy atom. The number of benzene rings is 1. The van der Waals surface area contributed by atoms with Gasteiger partial charge in [-0.3, -0.25) is 0 Å². The molecule has 0 heteroatoms. The fraction of sp³-hybridized carbons (Fsp3) is 0.741. The van der Waals surface area contributed by atoms with E-state index in [1.807, 2.05) is 0 Å². The van der Waals surface area contributed by atoms with Crippen LogP contribution in [0.1, 0.15) is 176 Å². The summed E-state index contributed by atoms with van der Waals surface area (Å²) in [7, 11) is 0. The third-order valence-electron chi connectivity index (χ3n) is 19.1. The van der Waals surface area contributed by atoms with Crippen LogP contribution in [-0.2, 0) is 0 Å². The second kappa shape index (κ2) is 11.5. The maximum absolute atomic E-state index is 4.07. The molecule has 1 radical (unpaired) electrons. The Kier molecular flexibility index (Phi) is 6.95. The molecule has 1 aromatic rings. The van der Waals surface area contributed by atoms with Crippen LogP contribution in [0.3, 0.4) is 0 Å². The van der Waals surface area contributed by atoms with Crippen LogP contribution in [0.2, 0.25) is 0 Å². The highest BCUT2D eigenvalue weighted by Crippen LogP contribution is 2.63. The minimum atomic E-state index is 0.217. The fourth-order valence-electron chi connectivity index (χ4n) is 18.8. The minimum absolute atomic E-state index is 0.217. The lowest BCUT2D eigenvalue weighted by atomic mass is 9.50. The van der Waals surface area contributed by atoms with Crippen molar-refractivity contribution in [3.05, 3.63) is 34.4 Å². The van der Waals surface area contributed by atoms with Crippen molar-refractivity contribution in [1.82, 2.24) is 0 Å². The van der Waals surface area contributed by atoms with Gasteiger partial charge in [0.05, 0.1) is 0 Å². The lowest BCUT2D eigenvalue weighted by molar-refractivity contribution is -0.0183. The number of hydrogen-bond acceptors (Lipinski definition) is 0. The van der Waals surface area contributed by atoms with Gasteiger partial charge < -0.3 is 0 Å². The van der Waals surface area contributed by atoms with E-state index in [-0.39, 0.29) is 21.7 Å². The van der Waals surface area contributed by atoms with Gasteiger partial charge in [0.2, 0.25) is 0 Å². The molecule has 54 heavy (non-hydrogen) atoms. The van der Waals surface area contributed by atoms with Gasteiger partial charge in [0, 0.05) is 50.0 Å². The van der Waals surface area contributed by atoms with Crippen molar-refractivity contribution in [3.63, 3.8) is 0 Å². The van der Waals surface area contributed by atoms with Gasteiger partial charge in [0.15, 0.2) is 0 Å². The van der Waals surface area contributed by atoms with Crippen LogP contribution in [0.25, 0.3) is 0 Å². The summed E-state index contributed by atoms with van der Waals surface area (Å²) in [6, 6.07) is 6.42. The maximum Gasteiger partial charge on any atom is 0.0494 e. The summed E-state index contributed by atoms with van der Waals surface area (Å²) in [5.74, 6) is 42.9. The van der Waals surface area contributed by atoms with Gasteiger partial charge in [-0.15, -0.1) is 0 Å². The van der Waals surface area contributed by atoms with Crippen LogP contribution in [-0.4, -0.2) is 0 Å². The molecule has 0 N–H and O–H groups in total. The van der Waals surface area contributed by atoms with Crippen LogP contribution >= 0.6 is 0 Å². The van der Waals surface area contributed by atoms with Crippen molar-refractivity contribution in [1.29, 1.82) is 0 Å². The highest BCUT2D eigenvalue weighted by molar-refractivity contribution is 5.62. The summed E-state index contributed by atoms with van der Waals surface area (Å²) in [5.41, 5.74) is 5.24. The van der Waals surface area contributed by atoms with Gasteiger partial charge >= 0.3 is 0 Å². The molecule has 277 valence electrons. The van der Waals surface area contributed by atoms with E-state index in [1.54, 1.807) is 0 Å². The van der Waals surface area contributed by atoms with Crippen LogP contribution in [0, 0.1) is 146 Å². The summed E-state index contributed by atoms with van der Waals surface area (Å²) in [5, 5.41) is 0. The second-order valence-corrected chi connectivity index (χ2v) is 23.6. The van der Waals surface area contributed by atoms with Crippen LogP contribution in [0.4, 0.5) is 0 Å². The Morgan fingerprint density at radius 2 is 0.519 bits per heavy atom. The van der Waals surface area contributed by atoms with E-state index in [9.17, 15) is 0 Å². The zero-order chi connectivity index (χ0) is 35.3. The molecule has 0 saturated heterocycles. The monoisotopic (exact) mass is 709 g/mol. The van der Waals surface area contributed by atoms with Crippen molar-refractivity contribution in [2.75, 3.05) is 0 Å². The Balaban J connectivity index is 0.939. The van der Waals surface area contributed by atoms with Gasteiger partial charge in [0.1, 0.15) is 0 Å². The largest absolute Gasteiger partial charge is 0.0910 e. The van der Waals surface area contributed by atoms with Crippen molar-refractivity contribution in [2.45, 2.75) is 154 Å². The first-order valence-electron chi connectivity index (χ1n) is 23.5. The van der Waals surface area contributed by atoms with Gasteiger partial charge in [-0.25, -0.2) is 0 Å². The molecule has 0 heterocycles.